The van der Waals surface area contributed by atoms with Gasteiger partial charge >= 0.3 is 0 Å². The molecule has 0 atom stereocenters. The molecule has 0 radical (unpaired) electrons. The SMILES string of the molecule is CCOc1nc2nc(N(C)C)nc(N3CCCCC3)c2c(-c2ccccc2)c1C#N. The zero-order valence-electron chi connectivity index (χ0n) is 17.7. The molecule has 0 spiro atoms. The van der Waals surface area contributed by atoms with Crippen LogP contribution in [0.15, 0.2) is 30.3 Å². The maximum absolute atomic E-state index is 10.1. The number of anilines is 2. The van der Waals surface area contributed by atoms with Gasteiger partial charge in [-0.25, -0.2) is 0 Å². The van der Waals surface area contributed by atoms with E-state index in [9.17, 15) is 5.26 Å². The van der Waals surface area contributed by atoms with Crippen LogP contribution in [0, 0.1) is 11.3 Å². The Hall–Kier alpha value is -3.40. The standard InChI is InChI=1S/C23H26N6O/c1-4-30-22-17(15-24)18(16-11-7-5-8-12-16)19-20(25-22)26-23(28(2)3)27-21(19)29-13-9-6-10-14-29/h5,7-8,11-12H,4,6,9-10,13-14H2,1-3H3. The smallest absolute Gasteiger partial charge is 0.234 e. The van der Waals surface area contributed by atoms with Crippen molar-refractivity contribution in [2.75, 3.05) is 43.6 Å². The molecule has 154 valence electrons. The van der Waals surface area contributed by atoms with Crippen molar-refractivity contribution in [3.05, 3.63) is 35.9 Å². The highest BCUT2D eigenvalue weighted by Gasteiger charge is 2.26. The highest BCUT2D eigenvalue weighted by atomic mass is 16.5. The van der Waals surface area contributed by atoms with Gasteiger partial charge in [0.2, 0.25) is 11.8 Å². The number of benzene rings is 1. The van der Waals surface area contributed by atoms with Gasteiger partial charge in [0.1, 0.15) is 17.5 Å². The second-order valence-corrected chi connectivity index (χ2v) is 7.57. The van der Waals surface area contributed by atoms with Gasteiger partial charge < -0.3 is 14.5 Å². The van der Waals surface area contributed by atoms with E-state index in [0.29, 0.717) is 29.6 Å². The maximum atomic E-state index is 10.1. The van der Waals surface area contributed by atoms with Crippen LogP contribution in [0.3, 0.4) is 0 Å². The lowest BCUT2D eigenvalue weighted by molar-refractivity contribution is 0.327. The van der Waals surface area contributed by atoms with E-state index in [4.69, 9.17) is 14.7 Å². The maximum Gasteiger partial charge on any atom is 0.234 e. The van der Waals surface area contributed by atoms with Gasteiger partial charge in [0, 0.05) is 32.7 Å². The van der Waals surface area contributed by atoms with Gasteiger partial charge in [0.05, 0.1) is 12.0 Å². The highest BCUT2D eigenvalue weighted by Crippen LogP contribution is 2.40. The van der Waals surface area contributed by atoms with Gasteiger partial charge in [-0.05, 0) is 31.7 Å². The number of aromatic nitrogens is 3. The van der Waals surface area contributed by atoms with E-state index < -0.39 is 0 Å². The van der Waals surface area contributed by atoms with Crippen molar-refractivity contribution in [1.29, 1.82) is 5.26 Å². The quantitative estimate of drug-likeness (QED) is 0.638. The molecule has 30 heavy (non-hydrogen) atoms. The topological polar surface area (TPSA) is 78.2 Å². The van der Waals surface area contributed by atoms with Gasteiger partial charge in [0.15, 0.2) is 5.65 Å². The van der Waals surface area contributed by atoms with Gasteiger partial charge in [0.25, 0.3) is 0 Å². The van der Waals surface area contributed by atoms with Crippen molar-refractivity contribution in [1.82, 2.24) is 15.0 Å². The Kier molecular flexibility index (Phi) is 5.66. The van der Waals surface area contributed by atoms with Gasteiger partial charge in [-0.2, -0.15) is 20.2 Å². The first-order valence-corrected chi connectivity index (χ1v) is 10.4. The summed E-state index contributed by atoms with van der Waals surface area (Å²) in [7, 11) is 3.85. The van der Waals surface area contributed by atoms with Crippen molar-refractivity contribution >= 4 is 22.8 Å². The normalized spacial score (nSPS) is 13.9. The first kappa shape index (κ1) is 19.9. The minimum Gasteiger partial charge on any atom is -0.477 e. The fraction of sp³-hybridized carbons (Fsp3) is 0.391. The predicted octanol–water partition coefficient (Wildman–Crippen LogP) is 4.02. The summed E-state index contributed by atoms with van der Waals surface area (Å²) in [5, 5.41) is 10.9. The van der Waals surface area contributed by atoms with Crippen LogP contribution in [0.25, 0.3) is 22.2 Å². The third-order valence-corrected chi connectivity index (χ3v) is 5.29. The van der Waals surface area contributed by atoms with Gasteiger partial charge in [-0.15, -0.1) is 0 Å². The van der Waals surface area contributed by atoms with Crippen molar-refractivity contribution in [2.24, 2.45) is 0 Å². The second kappa shape index (κ2) is 8.54. The Morgan fingerprint density at radius 1 is 1.07 bits per heavy atom. The second-order valence-electron chi connectivity index (χ2n) is 7.57. The number of pyridine rings is 1. The first-order valence-electron chi connectivity index (χ1n) is 10.4. The van der Waals surface area contributed by atoms with E-state index in [1.54, 1.807) is 0 Å². The minimum absolute atomic E-state index is 0.319. The molecule has 0 saturated carbocycles. The molecular weight excluding hydrogens is 376 g/mol. The number of rotatable bonds is 5. The number of hydrogen-bond acceptors (Lipinski definition) is 7. The van der Waals surface area contributed by atoms with Crippen LogP contribution in [0.2, 0.25) is 0 Å². The van der Waals surface area contributed by atoms with Crippen LogP contribution in [-0.4, -0.2) is 48.7 Å². The zero-order valence-corrected chi connectivity index (χ0v) is 17.7. The Labute approximate surface area is 176 Å². The lowest BCUT2D eigenvalue weighted by Gasteiger charge is -2.30. The summed E-state index contributed by atoms with van der Waals surface area (Å²) in [6.07, 6.45) is 3.47. The molecule has 0 N–H and O–H groups in total. The van der Waals surface area contributed by atoms with Crippen molar-refractivity contribution in [3.8, 4) is 23.1 Å². The largest absolute Gasteiger partial charge is 0.477 e. The van der Waals surface area contributed by atoms with Gasteiger partial charge in [-0.3, -0.25) is 0 Å². The van der Waals surface area contributed by atoms with Crippen molar-refractivity contribution in [3.63, 3.8) is 0 Å². The molecule has 1 aliphatic rings. The molecule has 0 aliphatic carbocycles. The van der Waals surface area contributed by atoms with Crippen LogP contribution >= 0.6 is 0 Å². The van der Waals surface area contributed by atoms with E-state index >= 15 is 0 Å². The van der Waals surface area contributed by atoms with E-state index in [0.717, 1.165) is 48.3 Å². The van der Waals surface area contributed by atoms with Crippen LogP contribution in [-0.2, 0) is 0 Å². The summed E-state index contributed by atoms with van der Waals surface area (Å²) in [6, 6.07) is 12.3. The molecule has 0 unspecified atom stereocenters. The Bertz CT molecular complexity index is 1080. The summed E-state index contributed by atoms with van der Waals surface area (Å²) in [5.74, 6) is 1.76. The Morgan fingerprint density at radius 2 is 1.80 bits per heavy atom. The third-order valence-electron chi connectivity index (χ3n) is 5.29. The van der Waals surface area contributed by atoms with Crippen LogP contribution in [0.5, 0.6) is 5.88 Å². The van der Waals surface area contributed by atoms with E-state index in [1.165, 1.54) is 6.42 Å². The average molecular weight is 403 g/mol. The summed E-state index contributed by atoms with van der Waals surface area (Å²) in [6.45, 7) is 4.18. The summed E-state index contributed by atoms with van der Waals surface area (Å²) in [4.78, 5) is 18.5. The van der Waals surface area contributed by atoms with E-state index in [2.05, 4.69) is 16.0 Å². The summed E-state index contributed by atoms with van der Waals surface area (Å²) in [5.41, 5.74) is 2.70. The summed E-state index contributed by atoms with van der Waals surface area (Å²) < 4.78 is 5.76. The Morgan fingerprint density at radius 3 is 2.43 bits per heavy atom. The molecule has 1 saturated heterocycles. The van der Waals surface area contributed by atoms with E-state index in [1.807, 2.05) is 56.3 Å². The molecule has 4 rings (SSSR count). The van der Waals surface area contributed by atoms with Crippen LogP contribution < -0.4 is 14.5 Å². The highest BCUT2D eigenvalue weighted by molar-refractivity contribution is 6.04. The fourth-order valence-corrected chi connectivity index (χ4v) is 3.89. The first-order chi connectivity index (χ1) is 14.6. The molecule has 7 nitrogen and oxygen atoms in total. The number of ether oxygens (including phenoxy) is 1. The van der Waals surface area contributed by atoms with Crippen molar-refractivity contribution < 1.29 is 4.74 Å². The molecule has 3 aromatic rings. The number of hydrogen-bond donors (Lipinski definition) is 0. The molecule has 7 heteroatoms. The lowest BCUT2D eigenvalue weighted by Crippen LogP contribution is -2.31. The zero-order chi connectivity index (χ0) is 21.1. The number of fused-ring (bicyclic) bond motifs is 1. The molecule has 2 aromatic heterocycles. The fourth-order valence-electron chi connectivity index (χ4n) is 3.89. The number of nitrogens with zero attached hydrogens (tertiary/aromatic N) is 6. The van der Waals surface area contributed by atoms with Crippen LogP contribution in [0.4, 0.5) is 11.8 Å². The van der Waals surface area contributed by atoms with E-state index in [-0.39, 0.29) is 0 Å². The summed E-state index contributed by atoms with van der Waals surface area (Å²) >= 11 is 0. The molecule has 1 fully saturated rings. The molecular formula is C23H26N6O. The Balaban J connectivity index is 2.12. The third kappa shape index (κ3) is 3.61. The van der Waals surface area contributed by atoms with Crippen LogP contribution in [0.1, 0.15) is 31.7 Å². The molecule has 3 heterocycles. The molecule has 1 aliphatic heterocycles. The van der Waals surface area contributed by atoms with Crippen molar-refractivity contribution in [2.45, 2.75) is 26.2 Å². The lowest BCUT2D eigenvalue weighted by atomic mass is 9.97. The minimum atomic E-state index is 0.319. The molecule has 0 amide bonds. The monoisotopic (exact) mass is 402 g/mol. The predicted molar refractivity (Wildman–Crippen MR) is 119 cm³/mol. The average Bonchev–Trinajstić information content (AvgIpc) is 2.78. The number of piperidine rings is 1. The number of nitriles is 1. The van der Waals surface area contributed by atoms with Gasteiger partial charge in [-0.1, -0.05) is 30.3 Å². The molecule has 0 bridgehead atoms. The molecule has 1 aromatic carbocycles.